The van der Waals surface area contributed by atoms with Crippen LogP contribution in [0.15, 0.2) is 0 Å². The SMILES string of the molecule is CN(C)C1CCN(C(=O)N2C[C@H](O)C[C@H]2C(=O)O)C1. The predicted molar refractivity (Wildman–Crippen MR) is 67.8 cm³/mol. The third-order valence-electron chi connectivity index (χ3n) is 3.97. The molecule has 2 aliphatic rings. The van der Waals surface area contributed by atoms with Crippen LogP contribution in [0.2, 0.25) is 0 Å². The minimum Gasteiger partial charge on any atom is -0.480 e. The van der Waals surface area contributed by atoms with Gasteiger partial charge in [-0.15, -0.1) is 0 Å². The van der Waals surface area contributed by atoms with Crippen LogP contribution in [-0.2, 0) is 4.79 Å². The van der Waals surface area contributed by atoms with Crippen LogP contribution in [-0.4, -0.2) is 88.8 Å². The third-order valence-corrected chi connectivity index (χ3v) is 3.97. The Morgan fingerprint density at radius 1 is 1.26 bits per heavy atom. The summed E-state index contributed by atoms with van der Waals surface area (Å²) >= 11 is 0. The fourth-order valence-corrected chi connectivity index (χ4v) is 2.78. The van der Waals surface area contributed by atoms with Gasteiger partial charge in [0.25, 0.3) is 0 Å². The number of β-amino-alcohol motifs (C(OH)–C–C–N with tert-alkyl or cyclic N) is 1. The van der Waals surface area contributed by atoms with E-state index in [9.17, 15) is 14.7 Å². The molecule has 7 nitrogen and oxygen atoms in total. The van der Waals surface area contributed by atoms with E-state index in [2.05, 4.69) is 4.90 Å². The molecule has 0 aromatic carbocycles. The fourth-order valence-electron chi connectivity index (χ4n) is 2.78. The zero-order valence-corrected chi connectivity index (χ0v) is 11.3. The molecule has 19 heavy (non-hydrogen) atoms. The predicted octanol–water partition coefficient (Wildman–Crippen LogP) is -0.738. The van der Waals surface area contributed by atoms with Gasteiger partial charge in [-0.1, -0.05) is 0 Å². The van der Waals surface area contributed by atoms with Crippen molar-refractivity contribution < 1.29 is 19.8 Å². The number of aliphatic carboxylic acids is 1. The van der Waals surface area contributed by atoms with Crippen LogP contribution in [0.4, 0.5) is 4.79 Å². The van der Waals surface area contributed by atoms with Crippen molar-refractivity contribution in [3.8, 4) is 0 Å². The average Bonchev–Trinajstić information content (AvgIpc) is 2.94. The minimum absolute atomic E-state index is 0.110. The normalized spacial score (nSPS) is 31.3. The van der Waals surface area contributed by atoms with E-state index < -0.39 is 18.1 Å². The number of hydrogen-bond donors (Lipinski definition) is 2. The smallest absolute Gasteiger partial charge is 0.326 e. The molecule has 7 heteroatoms. The number of hydrogen-bond acceptors (Lipinski definition) is 4. The zero-order chi connectivity index (χ0) is 14.2. The summed E-state index contributed by atoms with van der Waals surface area (Å²) in [6, 6.07) is -0.853. The Morgan fingerprint density at radius 3 is 2.47 bits per heavy atom. The summed E-state index contributed by atoms with van der Waals surface area (Å²) in [5.41, 5.74) is 0. The lowest BCUT2D eigenvalue weighted by Crippen LogP contribution is -2.48. The summed E-state index contributed by atoms with van der Waals surface area (Å²) < 4.78 is 0. The van der Waals surface area contributed by atoms with Gasteiger partial charge in [0.1, 0.15) is 6.04 Å². The van der Waals surface area contributed by atoms with Crippen molar-refractivity contribution >= 4 is 12.0 Å². The Labute approximate surface area is 112 Å². The van der Waals surface area contributed by atoms with Gasteiger partial charge in [-0.3, -0.25) is 0 Å². The molecule has 2 saturated heterocycles. The lowest BCUT2D eigenvalue weighted by Gasteiger charge is -2.28. The lowest BCUT2D eigenvalue weighted by atomic mass is 10.2. The van der Waals surface area contributed by atoms with Crippen molar-refractivity contribution in [2.24, 2.45) is 0 Å². The molecular weight excluding hydrogens is 250 g/mol. The molecule has 0 aromatic heterocycles. The van der Waals surface area contributed by atoms with Crippen LogP contribution >= 0.6 is 0 Å². The fraction of sp³-hybridized carbons (Fsp3) is 0.833. The number of amides is 2. The molecule has 2 rings (SSSR count). The number of aliphatic hydroxyl groups excluding tert-OH is 1. The van der Waals surface area contributed by atoms with Crippen molar-refractivity contribution in [1.82, 2.24) is 14.7 Å². The van der Waals surface area contributed by atoms with Gasteiger partial charge in [0.15, 0.2) is 0 Å². The monoisotopic (exact) mass is 271 g/mol. The number of likely N-dealkylation sites (tertiary alicyclic amines) is 2. The van der Waals surface area contributed by atoms with Crippen LogP contribution in [0, 0.1) is 0 Å². The Morgan fingerprint density at radius 2 is 1.95 bits per heavy atom. The number of carbonyl (C=O) groups is 2. The van der Waals surface area contributed by atoms with Crippen LogP contribution in [0.25, 0.3) is 0 Å². The molecule has 1 unspecified atom stereocenters. The topological polar surface area (TPSA) is 84.3 Å². The number of likely N-dealkylation sites (N-methyl/N-ethyl adjacent to an activating group) is 1. The number of rotatable bonds is 2. The summed E-state index contributed by atoms with van der Waals surface area (Å²) in [7, 11) is 3.94. The molecule has 3 atom stereocenters. The van der Waals surface area contributed by atoms with Crippen molar-refractivity contribution in [2.75, 3.05) is 33.7 Å². The van der Waals surface area contributed by atoms with Crippen LogP contribution in [0.1, 0.15) is 12.8 Å². The average molecular weight is 271 g/mol. The molecule has 0 radical (unpaired) electrons. The Balaban J connectivity index is 2.01. The Kier molecular flexibility index (Phi) is 3.96. The van der Waals surface area contributed by atoms with Crippen LogP contribution < -0.4 is 0 Å². The molecule has 0 aliphatic carbocycles. The second kappa shape index (κ2) is 5.34. The van der Waals surface area contributed by atoms with Crippen LogP contribution in [0.3, 0.4) is 0 Å². The number of carboxylic acids is 1. The second-order valence-corrected chi connectivity index (χ2v) is 5.53. The van der Waals surface area contributed by atoms with Crippen LogP contribution in [0.5, 0.6) is 0 Å². The highest BCUT2D eigenvalue weighted by Gasteiger charge is 2.42. The first kappa shape index (κ1) is 14.1. The maximum absolute atomic E-state index is 12.3. The largest absolute Gasteiger partial charge is 0.480 e. The number of nitrogens with zero attached hydrogens (tertiary/aromatic N) is 3. The van der Waals surface area contributed by atoms with E-state index in [1.165, 1.54) is 4.90 Å². The molecule has 2 N–H and O–H groups in total. The third kappa shape index (κ3) is 2.82. The molecule has 108 valence electrons. The highest BCUT2D eigenvalue weighted by Crippen LogP contribution is 2.22. The molecular formula is C12H21N3O4. The second-order valence-electron chi connectivity index (χ2n) is 5.53. The number of aliphatic hydroxyl groups is 1. The van der Waals surface area contributed by atoms with Gasteiger partial charge < -0.3 is 24.9 Å². The zero-order valence-electron chi connectivity index (χ0n) is 11.3. The summed E-state index contributed by atoms with van der Waals surface area (Å²) in [5.74, 6) is -1.05. The molecule has 2 fully saturated rings. The maximum Gasteiger partial charge on any atom is 0.326 e. The van der Waals surface area contributed by atoms with Crippen molar-refractivity contribution in [1.29, 1.82) is 0 Å². The van der Waals surface area contributed by atoms with E-state index in [1.54, 1.807) is 4.90 Å². The maximum atomic E-state index is 12.3. The molecule has 2 heterocycles. The van der Waals surface area contributed by atoms with Crippen molar-refractivity contribution in [2.45, 2.75) is 31.0 Å². The standard InChI is InChI=1S/C12H21N3O4/c1-13(2)8-3-4-14(6-8)12(19)15-7-9(16)5-10(15)11(17)18/h8-10,16H,3-7H2,1-2H3,(H,17,18)/t8?,9-,10+/m1/s1. The van der Waals surface area contributed by atoms with Gasteiger partial charge in [-0.05, 0) is 20.5 Å². The first-order valence-electron chi connectivity index (χ1n) is 6.53. The minimum atomic E-state index is -1.05. The highest BCUT2D eigenvalue weighted by atomic mass is 16.4. The van der Waals surface area contributed by atoms with Gasteiger partial charge in [0.05, 0.1) is 6.10 Å². The van der Waals surface area contributed by atoms with Crippen molar-refractivity contribution in [3.05, 3.63) is 0 Å². The summed E-state index contributed by atoms with van der Waals surface area (Å²) in [4.78, 5) is 28.5. The first-order chi connectivity index (χ1) is 8.90. The van der Waals surface area contributed by atoms with Gasteiger partial charge >= 0.3 is 12.0 Å². The van der Waals surface area contributed by atoms with Gasteiger partial charge in [-0.2, -0.15) is 0 Å². The first-order valence-corrected chi connectivity index (χ1v) is 6.53. The molecule has 0 aromatic rings. The molecule has 2 amide bonds. The van der Waals surface area contributed by atoms with E-state index in [0.717, 1.165) is 6.42 Å². The summed E-state index contributed by atoms with van der Waals surface area (Å²) in [6.07, 6.45) is 0.274. The van der Waals surface area contributed by atoms with Gasteiger partial charge in [-0.25, -0.2) is 9.59 Å². The van der Waals surface area contributed by atoms with E-state index in [4.69, 9.17) is 5.11 Å². The van der Waals surface area contributed by atoms with Gasteiger partial charge in [0.2, 0.25) is 0 Å². The van der Waals surface area contributed by atoms with E-state index in [1.807, 2.05) is 14.1 Å². The van der Waals surface area contributed by atoms with E-state index >= 15 is 0 Å². The quantitative estimate of drug-likeness (QED) is 0.691. The lowest BCUT2D eigenvalue weighted by molar-refractivity contribution is -0.141. The molecule has 0 saturated carbocycles. The number of carboxylic acid groups (broad SMARTS) is 1. The molecule has 0 spiro atoms. The number of carbonyl (C=O) groups excluding carboxylic acids is 1. The van der Waals surface area contributed by atoms with E-state index in [-0.39, 0.29) is 19.0 Å². The summed E-state index contributed by atoms with van der Waals surface area (Å²) in [6.45, 7) is 1.37. The highest BCUT2D eigenvalue weighted by molar-refractivity contribution is 5.83. The molecule has 2 aliphatic heterocycles. The van der Waals surface area contributed by atoms with Gasteiger partial charge in [0, 0.05) is 32.1 Å². The van der Waals surface area contributed by atoms with E-state index in [0.29, 0.717) is 19.1 Å². The number of urea groups is 1. The van der Waals surface area contributed by atoms with Crippen molar-refractivity contribution in [3.63, 3.8) is 0 Å². The Hall–Kier alpha value is -1.34. The molecule has 0 bridgehead atoms. The Bertz CT molecular complexity index is 374. The summed E-state index contributed by atoms with van der Waals surface area (Å²) in [5, 5.41) is 18.7.